The summed E-state index contributed by atoms with van der Waals surface area (Å²) in [7, 11) is 0. The van der Waals surface area contributed by atoms with Crippen molar-refractivity contribution in [2.24, 2.45) is 0 Å². The monoisotopic (exact) mass is 372 g/mol. The maximum atomic E-state index is 9.73. The summed E-state index contributed by atoms with van der Waals surface area (Å²) in [6.45, 7) is 3.42. The number of para-hydroxylation sites is 1. The molecule has 0 atom stereocenters. The fraction of sp³-hybridized carbons (Fsp3) is 0.190. The third kappa shape index (κ3) is 2.90. The number of rotatable bonds is 3. The Morgan fingerprint density at radius 1 is 0.786 bits per heavy atom. The molecule has 7 nitrogen and oxygen atoms in total. The lowest BCUT2D eigenvalue weighted by Gasteiger charge is -2.36. The van der Waals surface area contributed by atoms with E-state index in [-0.39, 0.29) is 0 Å². The van der Waals surface area contributed by atoms with E-state index in [4.69, 9.17) is 0 Å². The van der Waals surface area contributed by atoms with E-state index in [2.05, 4.69) is 24.9 Å². The van der Waals surface area contributed by atoms with Crippen molar-refractivity contribution in [3.05, 3.63) is 67.1 Å². The molecular weight excluding hydrogens is 352 g/mol. The largest absolute Gasteiger partial charge is 0.508 e. The third-order valence-corrected chi connectivity index (χ3v) is 5.12. The fourth-order valence-corrected chi connectivity index (χ4v) is 3.71. The van der Waals surface area contributed by atoms with Gasteiger partial charge >= 0.3 is 0 Å². The summed E-state index contributed by atoms with van der Waals surface area (Å²) in [6.07, 6.45) is 3.46. The van der Waals surface area contributed by atoms with Gasteiger partial charge in [-0.15, -0.1) is 0 Å². The Kier molecular flexibility index (Phi) is 4.05. The van der Waals surface area contributed by atoms with Crippen LogP contribution in [0.2, 0.25) is 0 Å². The van der Waals surface area contributed by atoms with Gasteiger partial charge in [0.1, 0.15) is 17.9 Å². The molecule has 3 heterocycles. The SMILES string of the molecule is Oc1cccc(N2CCN(c3ncnc4c3cnn4-c3ccccc3)CC2)c1. The van der Waals surface area contributed by atoms with Gasteiger partial charge in [-0.05, 0) is 24.3 Å². The van der Waals surface area contributed by atoms with Crippen molar-refractivity contribution < 1.29 is 5.11 Å². The number of aromatic hydroxyl groups is 1. The van der Waals surface area contributed by atoms with Crippen molar-refractivity contribution in [2.75, 3.05) is 36.0 Å². The molecular formula is C21H20N6O. The molecule has 1 N–H and O–H groups in total. The number of phenolic OH excluding ortho intramolecular Hbond substituents is 1. The highest BCUT2D eigenvalue weighted by Gasteiger charge is 2.22. The molecule has 1 aliphatic heterocycles. The Labute approximate surface area is 162 Å². The van der Waals surface area contributed by atoms with Crippen molar-refractivity contribution in [1.29, 1.82) is 0 Å². The van der Waals surface area contributed by atoms with Gasteiger partial charge in [0.05, 0.1) is 17.3 Å². The second-order valence-electron chi connectivity index (χ2n) is 6.82. The minimum Gasteiger partial charge on any atom is -0.508 e. The van der Waals surface area contributed by atoms with Crippen molar-refractivity contribution in [2.45, 2.75) is 0 Å². The first-order valence-electron chi connectivity index (χ1n) is 9.33. The van der Waals surface area contributed by atoms with Gasteiger partial charge in [0.15, 0.2) is 5.65 Å². The minimum absolute atomic E-state index is 0.297. The Morgan fingerprint density at radius 2 is 1.54 bits per heavy atom. The molecule has 0 unspecified atom stereocenters. The highest BCUT2D eigenvalue weighted by atomic mass is 16.3. The molecule has 0 bridgehead atoms. The average Bonchev–Trinajstić information content (AvgIpc) is 3.19. The van der Waals surface area contributed by atoms with Crippen LogP contribution < -0.4 is 9.80 Å². The molecule has 1 aliphatic rings. The van der Waals surface area contributed by atoms with Crippen molar-refractivity contribution >= 4 is 22.5 Å². The molecule has 1 fully saturated rings. The van der Waals surface area contributed by atoms with Crippen molar-refractivity contribution in [1.82, 2.24) is 19.7 Å². The molecule has 28 heavy (non-hydrogen) atoms. The van der Waals surface area contributed by atoms with Crippen molar-refractivity contribution in [3.63, 3.8) is 0 Å². The first-order chi connectivity index (χ1) is 13.8. The molecule has 0 spiro atoms. The number of hydrogen-bond acceptors (Lipinski definition) is 6. The standard InChI is InChI=1S/C21H20N6O/c28-18-8-4-7-17(13-18)25-9-11-26(12-10-25)20-19-14-24-27(21(19)23-15-22-20)16-5-2-1-3-6-16/h1-8,13-15,28H,9-12H2. The Bertz CT molecular complexity index is 1100. The maximum Gasteiger partial charge on any atom is 0.168 e. The van der Waals surface area contributed by atoms with E-state index in [1.165, 1.54) is 0 Å². The van der Waals surface area contributed by atoms with Crippen LogP contribution in [0.1, 0.15) is 0 Å². The molecule has 2 aromatic heterocycles. The van der Waals surface area contributed by atoms with E-state index in [9.17, 15) is 5.11 Å². The second kappa shape index (κ2) is 6.84. The van der Waals surface area contributed by atoms with Crippen LogP contribution >= 0.6 is 0 Å². The number of benzene rings is 2. The Hall–Kier alpha value is -3.61. The molecule has 140 valence electrons. The third-order valence-electron chi connectivity index (χ3n) is 5.12. The molecule has 0 radical (unpaired) electrons. The van der Waals surface area contributed by atoms with Crippen LogP contribution in [-0.4, -0.2) is 51.0 Å². The average molecular weight is 372 g/mol. The molecule has 2 aromatic carbocycles. The first kappa shape index (κ1) is 16.6. The molecule has 1 saturated heterocycles. The van der Waals surface area contributed by atoms with E-state index in [0.29, 0.717) is 5.75 Å². The summed E-state index contributed by atoms with van der Waals surface area (Å²) in [5.74, 6) is 1.22. The number of anilines is 2. The van der Waals surface area contributed by atoms with Crippen LogP contribution in [0.5, 0.6) is 5.75 Å². The normalized spacial score (nSPS) is 14.6. The van der Waals surface area contributed by atoms with Gasteiger partial charge in [0.25, 0.3) is 0 Å². The maximum absolute atomic E-state index is 9.73. The van der Waals surface area contributed by atoms with Crippen LogP contribution in [0.25, 0.3) is 16.7 Å². The van der Waals surface area contributed by atoms with Gasteiger partial charge in [-0.2, -0.15) is 5.10 Å². The summed E-state index contributed by atoms with van der Waals surface area (Å²) in [5.41, 5.74) is 2.84. The first-order valence-corrected chi connectivity index (χ1v) is 9.33. The summed E-state index contributed by atoms with van der Waals surface area (Å²) in [6, 6.07) is 17.4. The van der Waals surface area contributed by atoms with Gasteiger partial charge in [0.2, 0.25) is 0 Å². The molecule has 0 aliphatic carbocycles. The Morgan fingerprint density at radius 3 is 2.32 bits per heavy atom. The zero-order valence-corrected chi connectivity index (χ0v) is 15.3. The van der Waals surface area contributed by atoms with Crippen LogP contribution in [0.15, 0.2) is 67.1 Å². The number of fused-ring (bicyclic) bond motifs is 1. The second-order valence-corrected chi connectivity index (χ2v) is 6.82. The summed E-state index contributed by atoms with van der Waals surface area (Å²) in [5, 5.41) is 15.2. The van der Waals surface area contributed by atoms with E-state index >= 15 is 0 Å². The summed E-state index contributed by atoms with van der Waals surface area (Å²) >= 11 is 0. The van der Waals surface area contributed by atoms with Crippen molar-refractivity contribution in [3.8, 4) is 11.4 Å². The topological polar surface area (TPSA) is 70.3 Å². The predicted molar refractivity (Wildman–Crippen MR) is 109 cm³/mol. The smallest absolute Gasteiger partial charge is 0.168 e. The van der Waals surface area contributed by atoms with E-state index in [1.807, 2.05) is 59.4 Å². The molecule has 5 rings (SSSR count). The highest BCUT2D eigenvalue weighted by Crippen LogP contribution is 2.27. The fourth-order valence-electron chi connectivity index (χ4n) is 3.71. The van der Waals surface area contributed by atoms with Crippen LogP contribution in [-0.2, 0) is 0 Å². The summed E-state index contributed by atoms with van der Waals surface area (Å²) < 4.78 is 1.85. The van der Waals surface area contributed by atoms with E-state index in [0.717, 1.165) is 54.4 Å². The van der Waals surface area contributed by atoms with Gasteiger partial charge in [-0.25, -0.2) is 14.6 Å². The molecule has 7 heteroatoms. The minimum atomic E-state index is 0.297. The van der Waals surface area contributed by atoms with Gasteiger partial charge in [0, 0.05) is 37.9 Å². The van der Waals surface area contributed by atoms with Crippen LogP contribution in [0.4, 0.5) is 11.5 Å². The number of phenols is 1. The molecule has 4 aromatic rings. The number of piperazine rings is 1. The van der Waals surface area contributed by atoms with Gasteiger partial charge < -0.3 is 14.9 Å². The quantitative estimate of drug-likeness (QED) is 0.596. The lowest BCUT2D eigenvalue weighted by Crippen LogP contribution is -2.46. The zero-order chi connectivity index (χ0) is 18.9. The lowest BCUT2D eigenvalue weighted by atomic mass is 10.2. The molecule has 0 amide bonds. The number of nitrogens with zero attached hydrogens (tertiary/aromatic N) is 6. The zero-order valence-electron chi connectivity index (χ0n) is 15.3. The van der Waals surface area contributed by atoms with Gasteiger partial charge in [-0.1, -0.05) is 24.3 Å². The number of hydrogen-bond donors (Lipinski definition) is 1. The van der Waals surface area contributed by atoms with E-state index < -0.39 is 0 Å². The predicted octanol–water partition coefficient (Wildman–Crippen LogP) is 2.85. The molecule has 0 saturated carbocycles. The lowest BCUT2D eigenvalue weighted by molar-refractivity contribution is 0.475. The number of aromatic nitrogens is 4. The van der Waals surface area contributed by atoms with E-state index in [1.54, 1.807) is 12.4 Å². The van der Waals surface area contributed by atoms with Crippen LogP contribution in [0, 0.1) is 0 Å². The highest BCUT2D eigenvalue weighted by molar-refractivity contribution is 5.87. The van der Waals surface area contributed by atoms with Crippen LogP contribution in [0.3, 0.4) is 0 Å². The van der Waals surface area contributed by atoms with Gasteiger partial charge in [-0.3, -0.25) is 0 Å². The Balaban J connectivity index is 1.41. The summed E-state index contributed by atoms with van der Waals surface area (Å²) in [4.78, 5) is 13.6.